The Morgan fingerprint density at radius 2 is 1.89 bits per heavy atom. The van der Waals surface area contributed by atoms with Crippen molar-refractivity contribution in [1.29, 1.82) is 5.26 Å². The highest BCUT2D eigenvalue weighted by molar-refractivity contribution is 5.80. The highest BCUT2D eigenvalue weighted by Gasteiger charge is 2.38. The number of fused-ring (bicyclic) bond motifs is 1. The first-order chi connectivity index (χ1) is 17.2. The molecular weight excluding hydrogens is 473 g/mol. The van der Waals surface area contributed by atoms with Crippen molar-refractivity contribution < 1.29 is 13.2 Å². The van der Waals surface area contributed by atoms with E-state index in [0.29, 0.717) is 17.2 Å². The van der Waals surface area contributed by atoms with Crippen LogP contribution in [0.4, 0.5) is 13.2 Å². The average molecular weight is 494 g/mol. The molecule has 3 atom stereocenters. The summed E-state index contributed by atoms with van der Waals surface area (Å²) in [6.07, 6.45) is 2.59. The van der Waals surface area contributed by atoms with Crippen LogP contribution in [0.3, 0.4) is 0 Å². The molecule has 1 aliphatic carbocycles. The van der Waals surface area contributed by atoms with Gasteiger partial charge in [-0.3, -0.25) is 9.78 Å². The van der Waals surface area contributed by atoms with E-state index in [9.17, 15) is 23.2 Å². The van der Waals surface area contributed by atoms with Gasteiger partial charge >= 0.3 is 6.18 Å². The third-order valence-electron chi connectivity index (χ3n) is 6.70. The number of halogens is 3. The van der Waals surface area contributed by atoms with Crippen molar-refractivity contribution in [2.45, 2.75) is 57.2 Å². The molecule has 1 N–H and O–H groups in total. The molecule has 12 heteroatoms. The van der Waals surface area contributed by atoms with Crippen LogP contribution < -0.4 is 5.56 Å². The number of nitrogens with zero attached hydrogens (tertiary/aromatic N) is 7. The van der Waals surface area contributed by atoms with Gasteiger partial charge in [-0.25, -0.2) is 19.6 Å². The average Bonchev–Trinajstić information content (AvgIpc) is 3.22. The quantitative estimate of drug-likeness (QED) is 0.444. The van der Waals surface area contributed by atoms with Crippen molar-refractivity contribution in [3.63, 3.8) is 0 Å². The SMILES string of the molecule is CCc1cnc([C@@H]2CC[C@H]2c2nc3c(c(C#N)nn3C(C)c3ccc(C(F)(F)F)nc3)c(=O)[nH]2)nc1. The second-order valence-electron chi connectivity index (χ2n) is 8.80. The minimum absolute atomic E-state index is 0.0140. The number of nitrogens with one attached hydrogen (secondary N) is 1. The summed E-state index contributed by atoms with van der Waals surface area (Å²) in [7, 11) is 0. The molecule has 4 aromatic heterocycles. The van der Waals surface area contributed by atoms with Crippen LogP contribution in [0.2, 0.25) is 0 Å². The molecule has 0 bridgehead atoms. The highest BCUT2D eigenvalue weighted by atomic mass is 19.4. The largest absolute Gasteiger partial charge is 0.433 e. The lowest BCUT2D eigenvalue weighted by Gasteiger charge is -2.34. The number of nitriles is 1. The van der Waals surface area contributed by atoms with Crippen molar-refractivity contribution in [2.75, 3.05) is 0 Å². The smallest absolute Gasteiger partial charge is 0.310 e. The molecule has 36 heavy (non-hydrogen) atoms. The molecule has 1 aliphatic rings. The summed E-state index contributed by atoms with van der Waals surface area (Å²) in [5, 5.41) is 13.9. The van der Waals surface area contributed by atoms with Gasteiger partial charge in [-0.05, 0) is 43.4 Å². The third-order valence-corrected chi connectivity index (χ3v) is 6.70. The molecule has 0 aromatic carbocycles. The van der Waals surface area contributed by atoms with E-state index in [-0.39, 0.29) is 28.6 Å². The standard InChI is InChI=1S/C24H21F3N8O/c1-3-13-9-30-20(31-10-13)15-5-6-16(15)21-32-22-19(23(36)33-21)17(8-28)34-35(22)12(2)14-4-7-18(29-11-14)24(25,26)27/h4,7,9-12,15-16H,3,5-6H2,1-2H3,(H,32,33,36)/t12?,15-,16-/m1/s1. The van der Waals surface area contributed by atoms with Crippen LogP contribution in [0.5, 0.6) is 0 Å². The molecule has 0 amide bonds. The van der Waals surface area contributed by atoms with Gasteiger partial charge in [-0.15, -0.1) is 0 Å². The van der Waals surface area contributed by atoms with Crippen molar-refractivity contribution in [3.8, 4) is 6.07 Å². The van der Waals surface area contributed by atoms with Crippen molar-refractivity contribution in [2.24, 2.45) is 0 Å². The molecule has 1 fully saturated rings. The van der Waals surface area contributed by atoms with Gasteiger partial charge in [0, 0.05) is 30.4 Å². The minimum Gasteiger partial charge on any atom is -0.310 e. The maximum absolute atomic E-state index is 13.0. The maximum Gasteiger partial charge on any atom is 0.433 e. The fourth-order valence-electron chi connectivity index (χ4n) is 4.42. The lowest BCUT2D eigenvalue weighted by atomic mass is 9.72. The predicted octanol–water partition coefficient (Wildman–Crippen LogP) is 4.03. The first-order valence-electron chi connectivity index (χ1n) is 11.5. The summed E-state index contributed by atoms with van der Waals surface area (Å²) < 4.78 is 40.2. The zero-order valence-electron chi connectivity index (χ0n) is 19.4. The Morgan fingerprint density at radius 3 is 2.44 bits per heavy atom. The van der Waals surface area contributed by atoms with Crippen LogP contribution in [0.1, 0.15) is 78.7 Å². The molecule has 0 radical (unpaired) electrons. The monoisotopic (exact) mass is 494 g/mol. The Kier molecular flexibility index (Phi) is 5.78. The van der Waals surface area contributed by atoms with Crippen LogP contribution in [-0.2, 0) is 12.6 Å². The molecule has 4 heterocycles. The van der Waals surface area contributed by atoms with Crippen LogP contribution in [0.15, 0.2) is 35.5 Å². The van der Waals surface area contributed by atoms with Crippen LogP contribution in [0, 0.1) is 11.3 Å². The summed E-state index contributed by atoms with van der Waals surface area (Å²) in [6.45, 7) is 3.71. The fraction of sp³-hybridized carbons (Fsp3) is 0.375. The first kappa shape index (κ1) is 23.6. The molecule has 1 unspecified atom stereocenters. The number of hydrogen-bond donors (Lipinski definition) is 1. The van der Waals surface area contributed by atoms with Crippen LogP contribution in [0.25, 0.3) is 11.0 Å². The van der Waals surface area contributed by atoms with Crippen LogP contribution >= 0.6 is 0 Å². The predicted molar refractivity (Wildman–Crippen MR) is 122 cm³/mol. The van der Waals surface area contributed by atoms with Crippen molar-refractivity contribution >= 4 is 11.0 Å². The van der Waals surface area contributed by atoms with E-state index >= 15 is 0 Å². The van der Waals surface area contributed by atoms with E-state index in [0.717, 1.165) is 37.1 Å². The number of aromatic nitrogens is 7. The van der Waals surface area contributed by atoms with Gasteiger partial charge < -0.3 is 4.98 Å². The number of pyridine rings is 1. The molecule has 9 nitrogen and oxygen atoms in total. The minimum atomic E-state index is -4.56. The van der Waals surface area contributed by atoms with Gasteiger partial charge in [0.05, 0.1) is 6.04 Å². The van der Waals surface area contributed by atoms with Gasteiger partial charge in [0.1, 0.15) is 28.8 Å². The highest BCUT2D eigenvalue weighted by Crippen LogP contribution is 2.46. The van der Waals surface area contributed by atoms with Gasteiger partial charge in [0.2, 0.25) is 0 Å². The summed E-state index contributed by atoms with van der Waals surface area (Å²) in [5.74, 6) is 0.989. The fourth-order valence-corrected chi connectivity index (χ4v) is 4.42. The Balaban J connectivity index is 1.54. The van der Waals surface area contributed by atoms with E-state index in [1.54, 1.807) is 19.3 Å². The number of H-pyrrole nitrogens is 1. The van der Waals surface area contributed by atoms with E-state index in [1.165, 1.54) is 10.7 Å². The normalized spacial score (nSPS) is 18.6. The Morgan fingerprint density at radius 1 is 1.17 bits per heavy atom. The Hall–Kier alpha value is -4.14. The molecule has 5 rings (SSSR count). The number of aryl methyl sites for hydroxylation is 1. The Labute approximate surface area is 203 Å². The van der Waals surface area contributed by atoms with Gasteiger partial charge in [-0.2, -0.15) is 23.5 Å². The Bertz CT molecular complexity index is 1520. The van der Waals surface area contributed by atoms with E-state index in [4.69, 9.17) is 0 Å². The summed E-state index contributed by atoms with van der Waals surface area (Å²) >= 11 is 0. The molecule has 0 aliphatic heterocycles. The van der Waals surface area contributed by atoms with Crippen molar-refractivity contribution in [1.82, 2.24) is 34.7 Å². The second kappa shape index (κ2) is 8.82. The summed E-state index contributed by atoms with van der Waals surface area (Å²) in [6, 6.07) is 3.47. The molecular formula is C24H21F3N8O. The number of alkyl halides is 3. The summed E-state index contributed by atoms with van der Waals surface area (Å²) in [4.78, 5) is 33.0. The number of aromatic amines is 1. The zero-order chi connectivity index (χ0) is 25.6. The molecule has 4 aromatic rings. The lowest BCUT2D eigenvalue weighted by Crippen LogP contribution is -2.28. The first-order valence-corrected chi connectivity index (χ1v) is 11.5. The second-order valence-corrected chi connectivity index (χ2v) is 8.80. The topological polar surface area (TPSA) is 126 Å². The molecule has 1 saturated carbocycles. The van der Waals surface area contributed by atoms with E-state index < -0.39 is 23.5 Å². The van der Waals surface area contributed by atoms with Gasteiger partial charge in [-0.1, -0.05) is 13.0 Å². The molecule has 0 saturated heterocycles. The number of hydrogen-bond acceptors (Lipinski definition) is 7. The number of rotatable bonds is 5. The summed E-state index contributed by atoms with van der Waals surface area (Å²) in [5.41, 5.74) is 0.0203. The maximum atomic E-state index is 13.0. The van der Waals surface area contributed by atoms with Crippen molar-refractivity contribution in [3.05, 3.63) is 75.2 Å². The van der Waals surface area contributed by atoms with Gasteiger partial charge in [0.15, 0.2) is 11.3 Å². The molecule has 184 valence electrons. The zero-order valence-corrected chi connectivity index (χ0v) is 19.4. The molecule has 0 spiro atoms. The third kappa shape index (κ3) is 4.00. The van der Waals surface area contributed by atoms with Crippen LogP contribution in [-0.4, -0.2) is 34.7 Å². The lowest BCUT2D eigenvalue weighted by molar-refractivity contribution is -0.141. The van der Waals surface area contributed by atoms with E-state index in [1.807, 2.05) is 13.0 Å². The van der Waals surface area contributed by atoms with Gasteiger partial charge in [0.25, 0.3) is 5.56 Å². The van der Waals surface area contributed by atoms with E-state index in [2.05, 4.69) is 30.0 Å².